The zero-order chi connectivity index (χ0) is 13.9. The summed E-state index contributed by atoms with van der Waals surface area (Å²) >= 11 is 0. The van der Waals surface area contributed by atoms with Crippen molar-refractivity contribution >= 4 is 5.69 Å². The molecule has 0 saturated carbocycles. The number of para-hydroxylation sites is 1. The first kappa shape index (κ1) is 13.9. The molecule has 1 N–H and O–H groups in total. The fraction of sp³-hybridized carbons (Fsp3) is 0.562. The summed E-state index contributed by atoms with van der Waals surface area (Å²) in [4.78, 5) is 2.45. The van der Waals surface area contributed by atoms with Crippen molar-refractivity contribution in [1.82, 2.24) is 4.90 Å². The van der Waals surface area contributed by atoms with E-state index in [2.05, 4.69) is 37.1 Å². The van der Waals surface area contributed by atoms with E-state index in [0.717, 1.165) is 31.6 Å². The third kappa shape index (κ3) is 3.27. The zero-order valence-electron chi connectivity index (χ0n) is 12.1. The predicted octanol–water partition coefficient (Wildman–Crippen LogP) is 3.26. The number of piperidine rings is 1. The third-order valence-electron chi connectivity index (χ3n) is 3.94. The maximum atomic E-state index is 9.56. The molecular formula is C16H23N3. The van der Waals surface area contributed by atoms with E-state index in [0.29, 0.717) is 0 Å². The van der Waals surface area contributed by atoms with Crippen molar-refractivity contribution in [3.05, 3.63) is 30.3 Å². The van der Waals surface area contributed by atoms with E-state index in [1.807, 2.05) is 30.3 Å². The number of nitriles is 1. The molecule has 1 aliphatic rings. The van der Waals surface area contributed by atoms with Gasteiger partial charge in [0.25, 0.3) is 0 Å². The molecule has 102 valence electrons. The molecule has 1 aromatic carbocycles. The van der Waals surface area contributed by atoms with Crippen LogP contribution in [0.25, 0.3) is 0 Å². The minimum absolute atomic E-state index is 0.189. The Balaban J connectivity index is 2.05. The normalized spacial score (nSPS) is 19.7. The molecule has 0 aliphatic carbocycles. The first-order valence-electron chi connectivity index (χ1n) is 6.95. The van der Waals surface area contributed by atoms with Crippen LogP contribution in [-0.4, -0.2) is 29.1 Å². The van der Waals surface area contributed by atoms with Crippen molar-refractivity contribution in [2.75, 3.05) is 18.4 Å². The summed E-state index contributed by atoms with van der Waals surface area (Å²) in [5.74, 6) is 0. The Morgan fingerprint density at radius 2 is 1.74 bits per heavy atom. The molecule has 1 fully saturated rings. The van der Waals surface area contributed by atoms with Gasteiger partial charge < -0.3 is 5.32 Å². The molecule has 1 aromatic rings. The minimum atomic E-state index is -0.414. The summed E-state index contributed by atoms with van der Waals surface area (Å²) < 4.78 is 0. The van der Waals surface area contributed by atoms with Gasteiger partial charge in [0.05, 0.1) is 6.07 Å². The topological polar surface area (TPSA) is 39.1 Å². The standard InChI is InChI=1S/C16H23N3/c1-15(2,3)19-11-9-16(13-17,10-12-19)18-14-7-5-4-6-8-14/h4-8,18H,9-12H2,1-3H3. The number of hydrogen-bond donors (Lipinski definition) is 1. The van der Waals surface area contributed by atoms with E-state index in [1.165, 1.54) is 0 Å². The van der Waals surface area contributed by atoms with Gasteiger partial charge in [0.2, 0.25) is 0 Å². The quantitative estimate of drug-likeness (QED) is 0.884. The Hall–Kier alpha value is -1.53. The summed E-state index contributed by atoms with van der Waals surface area (Å²) in [6, 6.07) is 12.5. The Morgan fingerprint density at radius 1 is 1.16 bits per heavy atom. The van der Waals surface area contributed by atoms with Gasteiger partial charge in [-0.2, -0.15) is 5.26 Å². The average Bonchev–Trinajstić information content (AvgIpc) is 2.39. The lowest BCUT2D eigenvalue weighted by molar-refractivity contribution is 0.0945. The van der Waals surface area contributed by atoms with Gasteiger partial charge in [0.1, 0.15) is 5.54 Å². The van der Waals surface area contributed by atoms with Crippen LogP contribution in [0.1, 0.15) is 33.6 Å². The highest BCUT2D eigenvalue weighted by Crippen LogP contribution is 2.29. The fourth-order valence-corrected chi connectivity index (χ4v) is 2.62. The fourth-order valence-electron chi connectivity index (χ4n) is 2.62. The molecule has 0 unspecified atom stereocenters. The van der Waals surface area contributed by atoms with Crippen LogP contribution >= 0.6 is 0 Å². The summed E-state index contributed by atoms with van der Waals surface area (Å²) in [6.45, 7) is 8.64. The number of hydrogen-bond acceptors (Lipinski definition) is 3. The Bertz CT molecular complexity index is 445. The Labute approximate surface area is 116 Å². The van der Waals surface area contributed by atoms with Gasteiger partial charge in [0.15, 0.2) is 0 Å². The van der Waals surface area contributed by atoms with Gasteiger partial charge in [-0.1, -0.05) is 18.2 Å². The van der Waals surface area contributed by atoms with E-state index in [4.69, 9.17) is 0 Å². The van der Waals surface area contributed by atoms with Crippen LogP contribution < -0.4 is 5.32 Å². The van der Waals surface area contributed by atoms with Crippen LogP contribution in [0.4, 0.5) is 5.69 Å². The number of nitrogens with one attached hydrogen (secondary N) is 1. The number of likely N-dealkylation sites (tertiary alicyclic amines) is 1. The maximum Gasteiger partial charge on any atom is 0.127 e. The summed E-state index contributed by atoms with van der Waals surface area (Å²) in [6.07, 6.45) is 1.74. The first-order valence-corrected chi connectivity index (χ1v) is 6.95. The van der Waals surface area contributed by atoms with Gasteiger partial charge in [0, 0.05) is 24.3 Å². The lowest BCUT2D eigenvalue weighted by atomic mass is 9.86. The van der Waals surface area contributed by atoms with Crippen LogP contribution in [0, 0.1) is 11.3 Å². The number of anilines is 1. The molecule has 0 amide bonds. The van der Waals surface area contributed by atoms with E-state index in [-0.39, 0.29) is 5.54 Å². The zero-order valence-corrected chi connectivity index (χ0v) is 12.1. The summed E-state index contributed by atoms with van der Waals surface area (Å²) in [5.41, 5.74) is 0.811. The highest BCUT2D eigenvalue weighted by atomic mass is 15.2. The highest BCUT2D eigenvalue weighted by Gasteiger charge is 2.37. The second-order valence-electron chi connectivity index (χ2n) is 6.34. The molecule has 1 saturated heterocycles. The first-order chi connectivity index (χ1) is 8.95. The number of benzene rings is 1. The lowest BCUT2D eigenvalue weighted by Crippen LogP contribution is -2.53. The van der Waals surface area contributed by atoms with Crippen molar-refractivity contribution in [3.63, 3.8) is 0 Å². The van der Waals surface area contributed by atoms with Crippen molar-refractivity contribution in [2.24, 2.45) is 0 Å². The monoisotopic (exact) mass is 257 g/mol. The van der Waals surface area contributed by atoms with Gasteiger partial charge in [-0.3, -0.25) is 4.90 Å². The Morgan fingerprint density at radius 3 is 2.21 bits per heavy atom. The lowest BCUT2D eigenvalue weighted by Gasteiger charge is -2.44. The van der Waals surface area contributed by atoms with Crippen LogP contribution in [0.2, 0.25) is 0 Å². The molecule has 3 nitrogen and oxygen atoms in total. The number of rotatable bonds is 2. The second kappa shape index (κ2) is 5.22. The summed E-state index contributed by atoms with van der Waals surface area (Å²) in [7, 11) is 0. The predicted molar refractivity (Wildman–Crippen MR) is 79.0 cm³/mol. The molecule has 0 bridgehead atoms. The highest BCUT2D eigenvalue weighted by molar-refractivity contribution is 5.47. The molecular weight excluding hydrogens is 234 g/mol. The van der Waals surface area contributed by atoms with Gasteiger partial charge in [-0.25, -0.2) is 0 Å². The van der Waals surface area contributed by atoms with Crippen molar-refractivity contribution in [1.29, 1.82) is 5.26 Å². The molecule has 3 heteroatoms. The largest absolute Gasteiger partial charge is 0.367 e. The maximum absolute atomic E-state index is 9.56. The van der Waals surface area contributed by atoms with Crippen molar-refractivity contribution < 1.29 is 0 Å². The van der Waals surface area contributed by atoms with Gasteiger partial charge in [-0.15, -0.1) is 0 Å². The summed E-state index contributed by atoms with van der Waals surface area (Å²) in [5, 5.41) is 13.0. The minimum Gasteiger partial charge on any atom is -0.367 e. The SMILES string of the molecule is CC(C)(C)N1CCC(C#N)(Nc2ccccc2)CC1. The number of nitrogens with zero attached hydrogens (tertiary/aromatic N) is 2. The van der Waals surface area contributed by atoms with Crippen LogP contribution in [0.3, 0.4) is 0 Å². The smallest absolute Gasteiger partial charge is 0.127 e. The second-order valence-corrected chi connectivity index (χ2v) is 6.34. The van der Waals surface area contributed by atoms with Crippen LogP contribution in [-0.2, 0) is 0 Å². The molecule has 0 atom stereocenters. The van der Waals surface area contributed by atoms with Crippen molar-refractivity contribution in [2.45, 2.75) is 44.7 Å². The Kier molecular flexibility index (Phi) is 3.82. The molecule has 0 radical (unpaired) electrons. The molecule has 19 heavy (non-hydrogen) atoms. The molecule has 1 heterocycles. The van der Waals surface area contributed by atoms with E-state index < -0.39 is 5.54 Å². The van der Waals surface area contributed by atoms with Gasteiger partial charge in [-0.05, 0) is 45.7 Å². The van der Waals surface area contributed by atoms with E-state index >= 15 is 0 Å². The van der Waals surface area contributed by atoms with E-state index in [9.17, 15) is 5.26 Å². The molecule has 2 rings (SSSR count). The molecule has 1 aliphatic heterocycles. The van der Waals surface area contributed by atoms with Gasteiger partial charge >= 0.3 is 0 Å². The van der Waals surface area contributed by atoms with E-state index in [1.54, 1.807) is 0 Å². The average molecular weight is 257 g/mol. The van der Waals surface area contributed by atoms with Crippen LogP contribution in [0.5, 0.6) is 0 Å². The van der Waals surface area contributed by atoms with Crippen molar-refractivity contribution in [3.8, 4) is 6.07 Å². The molecule has 0 spiro atoms. The van der Waals surface area contributed by atoms with Crippen LogP contribution in [0.15, 0.2) is 30.3 Å². The third-order valence-corrected chi connectivity index (χ3v) is 3.94. The molecule has 0 aromatic heterocycles.